The van der Waals surface area contributed by atoms with Gasteiger partial charge in [-0.2, -0.15) is 0 Å². The number of aldehydes is 1. The fourth-order valence-corrected chi connectivity index (χ4v) is 2.78. The van der Waals surface area contributed by atoms with E-state index in [1.165, 1.54) is 0 Å². The second kappa shape index (κ2) is 5.99. The van der Waals surface area contributed by atoms with Crippen molar-refractivity contribution in [2.24, 2.45) is 23.2 Å². The molecule has 1 aliphatic rings. The molecule has 0 aliphatic heterocycles. The molecule has 2 nitrogen and oxygen atoms in total. The number of carbonyl (C=O) groups excluding carboxylic acids is 1. The molecule has 0 radical (unpaired) electrons. The van der Waals surface area contributed by atoms with Crippen LogP contribution in [0.15, 0.2) is 0 Å². The van der Waals surface area contributed by atoms with Crippen LogP contribution in [0.25, 0.3) is 0 Å². The molecule has 0 spiro atoms. The van der Waals surface area contributed by atoms with Gasteiger partial charge in [-0.1, -0.05) is 34.1 Å². The zero-order valence-electron chi connectivity index (χ0n) is 11.8. The fraction of sp³-hybridized carbons (Fsp3) is 0.933. The number of aliphatic hydroxyl groups excluding tert-OH is 1. The molecule has 2 heteroatoms. The Morgan fingerprint density at radius 1 is 1.41 bits per heavy atom. The minimum absolute atomic E-state index is 0.128. The van der Waals surface area contributed by atoms with Crippen LogP contribution in [0.2, 0.25) is 0 Å². The summed E-state index contributed by atoms with van der Waals surface area (Å²) in [5, 5.41) is 10.1. The minimum atomic E-state index is -0.128. The van der Waals surface area contributed by atoms with Crippen molar-refractivity contribution in [1.82, 2.24) is 0 Å². The lowest BCUT2D eigenvalue weighted by molar-refractivity contribution is -0.111. The van der Waals surface area contributed by atoms with Crippen molar-refractivity contribution in [2.75, 3.05) is 0 Å². The summed E-state index contributed by atoms with van der Waals surface area (Å²) in [6, 6.07) is 0. The van der Waals surface area contributed by atoms with E-state index in [9.17, 15) is 9.90 Å². The summed E-state index contributed by atoms with van der Waals surface area (Å²) in [7, 11) is 0. The van der Waals surface area contributed by atoms with Crippen LogP contribution in [0.4, 0.5) is 0 Å². The second-order valence-corrected chi connectivity index (χ2v) is 6.26. The number of hydrogen-bond donors (Lipinski definition) is 1. The van der Waals surface area contributed by atoms with Gasteiger partial charge in [-0.3, -0.25) is 0 Å². The lowest BCUT2D eigenvalue weighted by Gasteiger charge is -2.20. The molecule has 0 aromatic heterocycles. The largest absolute Gasteiger partial charge is 0.393 e. The standard InChI is InChI=1S/C15H28O2/c1-5-6-14(17)15(4)9-13(15)8-7-11(2)12(3)10-16/h10-14,17H,5-9H2,1-4H3. The Hall–Kier alpha value is -0.370. The van der Waals surface area contributed by atoms with E-state index in [1.807, 2.05) is 6.92 Å². The predicted octanol–water partition coefficient (Wildman–Crippen LogP) is 3.42. The normalized spacial score (nSPS) is 32.9. The van der Waals surface area contributed by atoms with Gasteiger partial charge in [-0.05, 0) is 42.9 Å². The fourth-order valence-electron chi connectivity index (χ4n) is 2.78. The Labute approximate surface area is 106 Å². The van der Waals surface area contributed by atoms with Crippen LogP contribution < -0.4 is 0 Å². The Balaban J connectivity index is 2.30. The molecule has 1 saturated carbocycles. The lowest BCUT2D eigenvalue weighted by Crippen LogP contribution is -2.21. The Morgan fingerprint density at radius 3 is 2.59 bits per heavy atom. The first kappa shape index (κ1) is 14.7. The van der Waals surface area contributed by atoms with E-state index in [-0.39, 0.29) is 17.4 Å². The Bertz CT molecular complexity index is 251. The highest BCUT2D eigenvalue weighted by Gasteiger charge is 2.53. The maximum atomic E-state index is 10.7. The molecule has 0 heterocycles. The summed E-state index contributed by atoms with van der Waals surface area (Å²) in [6.45, 7) is 8.49. The number of carbonyl (C=O) groups is 1. The van der Waals surface area contributed by atoms with Crippen molar-refractivity contribution in [2.45, 2.75) is 65.9 Å². The zero-order chi connectivity index (χ0) is 13.1. The Kier molecular flexibility index (Phi) is 5.18. The summed E-state index contributed by atoms with van der Waals surface area (Å²) in [5.74, 6) is 1.31. The van der Waals surface area contributed by atoms with Crippen molar-refractivity contribution >= 4 is 6.29 Å². The molecular weight excluding hydrogens is 212 g/mol. The second-order valence-electron chi connectivity index (χ2n) is 6.26. The topological polar surface area (TPSA) is 37.3 Å². The van der Waals surface area contributed by atoms with E-state index in [4.69, 9.17) is 0 Å². The predicted molar refractivity (Wildman–Crippen MR) is 70.8 cm³/mol. The molecular formula is C15H28O2. The van der Waals surface area contributed by atoms with Crippen molar-refractivity contribution in [3.63, 3.8) is 0 Å². The molecule has 17 heavy (non-hydrogen) atoms. The summed E-state index contributed by atoms with van der Waals surface area (Å²) < 4.78 is 0. The van der Waals surface area contributed by atoms with Gasteiger partial charge in [0, 0.05) is 5.92 Å². The van der Waals surface area contributed by atoms with E-state index in [1.54, 1.807) is 0 Å². The number of rotatable bonds is 8. The first-order valence-corrected chi connectivity index (χ1v) is 7.09. The van der Waals surface area contributed by atoms with E-state index in [2.05, 4.69) is 20.8 Å². The third-order valence-electron chi connectivity index (χ3n) is 4.86. The van der Waals surface area contributed by atoms with Gasteiger partial charge in [0.25, 0.3) is 0 Å². The van der Waals surface area contributed by atoms with Gasteiger partial charge in [-0.15, -0.1) is 0 Å². The van der Waals surface area contributed by atoms with Crippen LogP contribution in [0.5, 0.6) is 0 Å². The van der Waals surface area contributed by atoms with Crippen molar-refractivity contribution in [3.05, 3.63) is 0 Å². The third kappa shape index (κ3) is 3.54. The molecule has 1 N–H and O–H groups in total. The van der Waals surface area contributed by atoms with Crippen LogP contribution in [-0.4, -0.2) is 17.5 Å². The molecule has 1 rings (SSSR count). The monoisotopic (exact) mass is 240 g/mol. The van der Waals surface area contributed by atoms with Crippen LogP contribution in [0, 0.1) is 23.2 Å². The highest BCUT2D eigenvalue weighted by Crippen LogP contribution is 2.58. The Morgan fingerprint density at radius 2 is 2.06 bits per heavy atom. The maximum absolute atomic E-state index is 10.7. The van der Waals surface area contributed by atoms with E-state index in [0.29, 0.717) is 11.8 Å². The first-order chi connectivity index (χ1) is 7.95. The average Bonchev–Trinajstić information content (AvgIpc) is 2.98. The van der Waals surface area contributed by atoms with Gasteiger partial charge < -0.3 is 9.90 Å². The molecule has 0 saturated heterocycles. The quantitative estimate of drug-likeness (QED) is 0.660. The summed E-state index contributed by atoms with van der Waals surface area (Å²) in [6.07, 6.45) is 6.35. The molecule has 1 fully saturated rings. The summed E-state index contributed by atoms with van der Waals surface area (Å²) in [5.41, 5.74) is 0.167. The smallest absolute Gasteiger partial charge is 0.123 e. The molecule has 0 bridgehead atoms. The molecule has 0 aromatic carbocycles. The SMILES string of the molecule is CCCC(O)C1(C)CC1CCC(C)C(C)C=O. The molecule has 5 atom stereocenters. The van der Waals surface area contributed by atoms with Crippen LogP contribution >= 0.6 is 0 Å². The van der Waals surface area contributed by atoms with E-state index >= 15 is 0 Å². The van der Waals surface area contributed by atoms with Crippen LogP contribution in [0.3, 0.4) is 0 Å². The summed E-state index contributed by atoms with van der Waals surface area (Å²) in [4.78, 5) is 10.7. The zero-order valence-corrected chi connectivity index (χ0v) is 11.8. The number of hydrogen-bond acceptors (Lipinski definition) is 2. The van der Waals surface area contributed by atoms with Gasteiger partial charge in [0.15, 0.2) is 0 Å². The minimum Gasteiger partial charge on any atom is -0.393 e. The van der Waals surface area contributed by atoms with E-state index in [0.717, 1.165) is 38.4 Å². The summed E-state index contributed by atoms with van der Waals surface area (Å²) >= 11 is 0. The molecule has 0 aromatic rings. The highest BCUT2D eigenvalue weighted by molar-refractivity contribution is 5.53. The highest BCUT2D eigenvalue weighted by atomic mass is 16.3. The van der Waals surface area contributed by atoms with Gasteiger partial charge in [0.2, 0.25) is 0 Å². The molecule has 100 valence electrons. The molecule has 1 aliphatic carbocycles. The van der Waals surface area contributed by atoms with Crippen molar-refractivity contribution in [3.8, 4) is 0 Å². The maximum Gasteiger partial charge on any atom is 0.123 e. The van der Waals surface area contributed by atoms with Crippen LogP contribution in [0.1, 0.15) is 59.8 Å². The first-order valence-electron chi connectivity index (χ1n) is 7.09. The van der Waals surface area contributed by atoms with Gasteiger partial charge >= 0.3 is 0 Å². The van der Waals surface area contributed by atoms with E-state index < -0.39 is 0 Å². The molecule has 0 amide bonds. The lowest BCUT2D eigenvalue weighted by atomic mass is 9.88. The molecule has 5 unspecified atom stereocenters. The van der Waals surface area contributed by atoms with Gasteiger partial charge in [-0.25, -0.2) is 0 Å². The van der Waals surface area contributed by atoms with Crippen LogP contribution in [-0.2, 0) is 4.79 Å². The average molecular weight is 240 g/mol. The van der Waals surface area contributed by atoms with Gasteiger partial charge in [0.1, 0.15) is 6.29 Å². The van der Waals surface area contributed by atoms with Crippen molar-refractivity contribution in [1.29, 1.82) is 0 Å². The van der Waals surface area contributed by atoms with Crippen molar-refractivity contribution < 1.29 is 9.90 Å². The van der Waals surface area contributed by atoms with Gasteiger partial charge in [0.05, 0.1) is 6.10 Å². The number of aliphatic hydroxyl groups is 1. The third-order valence-corrected chi connectivity index (χ3v) is 4.86.